The zero-order valence-electron chi connectivity index (χ0n) is 16.4. The first-order valence-corrected chi connectivity index (χ1v) is 8.76. The van der Waals surface area contributed by atoms with E-state index in [-0.39, 0.29) is 12.3 Å². The molecule has 9 heteroatoms. The van der Waals surface area contributed by atoms with Crippen LogP contribution in [0.25, 0.3) is 0 Å². The van der Waals surface area contributed by atoms with E-state index in [1.54, 1.807) is 31.2 Å². The van der Waals surface area contributed by atoms with Crippen LogP contribution in [0.1, 0.15) is 22.8 Å². The molecule has 9 nitrogen and oxygen atoms in total. The van der Waals surface area contributed by atoms with Crippen molar-refractivity contribution >= 4 is 18.0 Å². The molecule has 0 saturated carbocycles. The summed E-state index contributed by atoms with van der Waals surface area (Å²) in [5.74, 6) is 0.312. The van der Waals surface area contributed by atoms with E-state index in [9.17, 15) is 14.7 Å². The lowest BCUT2D eigenvalue weighted by molar-refractivity contribution is -0.120. The van der Waals surface area contributed by atoms with Crippen LogP contribution in [0, 0.1) is 0 Å². The molecule has 0 spiro atoms. The van der Waals surface area contributed by atoms with Crippen LogP contribution in [0.4, 0.5) is 0 Å². The summed E-state index contributed by atoms with van der Waals surface area (Å²) in [5.41, 5.74) is 3.26. The molecule has 0 unspecified atom stereocenters. The lowest BCUT2D eigenvalue weighted by atomic mass is 10.2. The largest absolute Gasteiger partial charge is 0.504 e. The van der Waals surface area contributed by atoms with Crippen molar-refractivity contribution in [2.75, 3.05) is 27.4 Å². The molecular weight excluding hydrogens is 378 g/mol. The van der Waals surface area contributed by atoms with Crippen LogP contribution in [0.3, 0.4) is 0 Å². The number of phenolic OH excluding ortho intramolecular Hbond substituents is 1. The van der Waals surface area contributed by atoms with E-state index in [1.807, 2.05) is 0 Å². The van der Waals surface area contributed by atoms with Crippen LogP contribution in [0.2, 0.25) is 0 Å². The molecular formula is C20H23N3O6. The lowest BCUT2D eigenvalue weighted by Crippen LogP contribution is -2.34. The minimum absolute atomic E-state index is 0.0194. The third kappa shape index (κ3) is 6.13. The normalized spacial score (nSPS) is 10.4. The molecule has 0 fully saturated rings. The number of amides is 2. The summed E-state index contributed by atoms with van der Waals surface area (Å²) in [4.78, 5) is 24.0. The van der Waals surface area contributed by atoms with Gasteiger partial charge in [-0.25, -0.2) is 5.43 Å². The SMILES string of the molecule is CCOc1cc(/C=N/NC(=O)CNC(=O)c2ccc(OC)c(OC)c2)ccc1O. The van der Waals surface area contributed by atoms with Crippen molar-refractivity contribution in [2.45, 2.75) is 6.92 Å². The van der Waals surface area contributed by atoms with Gasteiger partial charge in [-0.2, -0.15) is 5.10 Å². The zero-order chi connectivity index (χ0) is 21.2. The van der Waals surface area contributed by atoms with Gasteiger partial charge in [0.05, 0.1) is 33.6 Å². The van der Waals surface area contributed by atoms with Gasteiger partial charge in [-0.15, -0.1) is 0 Å². The number of hydrogen-bond acceptors (Lipinski definition) is 7. The third-order valence-corrected chi connectivity index (χ3v) is 3.74. The average Bonchev–Trinajstić information content (AvgIpc) is 2.73. The summed E-state index contributed by atoms with van der Waals surface area (Å²) in [6.45, 7) is 1.95. The number of methoxy groups -OCH3 is 2. The van der Waals surface area contributed by atoms with Gasteiger partial charge in [0.1, 0.15) is 0 Å². The van der Waals surface area contributed by atoms with Crippen molar-refractivity contribution < 1.29 is 28.9 Å². The monoisotopic (exact) mass is 401 g/mol. The Hall–Kier alpha value is -3.75. The third-order valence-electron chi connectivity index (χ3n) is 3.74. The quantitative estimate of drug-likeness (QED) is 0.435. The first kappa shape index (κ1) is 21.5. The molecule has 2 aromatic rings. The Labute approximate surface area is 168 Å². The van der Waals surface area contributed by atoms with E-state index in [4.69, 9.17) is 14.2 Å². The molecule has 0 atom stereocenters. The summed E-state index contributed by atoms with van der Waals surface area (Å²) >= 11 is 0. The number of phenols is 1. The van der Waals surface area contributed by atoms with E-state index in [0.29, 0.717) is 35.0 Å². The van der Waals surface area contributed by atoms with Crippen molar-refractivity contribution in [1.82, 2.24) is 10.7 Å². The van der Waals surface area contributed by atoms with Crippen molar-refractivity contribution in [1.29, 1.82) is 0 Å². The molecule has 0 bridgehead atoms. The van der Waals surface area contributed by atoms with Crippen LogP contribution in [-0.2, 0) is 4.79 Å². The van der Waals surface area contributed by atoms with Crippen LogP contribution < -0.4 is 25.0 Å². The van der Waals surface area contributed by atoms with Gasteiger partial charge in [0.2, 0.25) is 0 Å². The highest BCUT2D eigenvalue weighted by Gasteiger charge is 2.11. The number of nitrogens with zero attached hydrogens (tertiary/aromatic N) is 1. The predicted octanol–water partition coefficient (Wildman–Crippen LogP) is 1.69. The fraction of sp³-hybridized carbons (Fsp3) is 0.250. The van der Waals surface area contributed by atoms with Gasteiger partial charge < -0.3 is 24.6 Å². The van der Waals surface area contributed by atoms with Crippen LogP contribution in [0.5, 0.6) is 23.0 Å². The second-order valence-corrected chi connectivity index (χ2v) is 5.71. The molecule has 2 amide bonds. The smallest absolute Gasteiger partial charge is 0.259 e. The number of carbonyl (C=O) groups excluding carboxylic acids is 2. The summed E-state index contributed by atoms with van der Waals surface area (Å²) < 4.78 is 15.5. The molecule has 0 aliphatic rings. The number of ether oxygens (including phenoxy) is 3. The number of rotatable bonds is 9. The Balaban J connectivity index is 1.87. The Bertz CT molecular complexity index is 898. The van der Waals surface area contributed by atoms with Gasteiger partial charge >= 0.3 is 0 Å². The van der Waals surface area contributed by atoms with Gasteiger partial charge in [0.25, 0.3) is 11.8 Å². The number of nitrogens with one attached hydrogen (secondary N) is 2. The standard InChI is InChI=1S/C20H23N3O6/c1-4-29-17-9-13(5-7-15(17)24)11-22-23-19(25)12-21-20(26)14-6-8-16(27-2)18(10-14)28-3/h5-11,24H,4,12H2,1-3H3,(H,21,26)(H,23,25)/b22-11+. The van der Waals surface area contributed by atoms with E-state index in [2.05, 4.69) is 15.8 Å². The number of carbonyl (C=O) groups is 2. The minimum atomic E-state index is -0.501. The molecule has 0 radical (unpaired) electrons. The van der Waals surface area contributed by atoms with E-state index < -0.39 is 11.8 Å². The predicted molar refractivity (Wildman–Crippen MR) is 107 cm³/mol. The average molecular weight is 401 g/mol. The minimum Gasteiger partial charge on any atom is -0.504 e. The summed E-state index contributed by atoms with van der Waals surface area (Å²) in [7, 11) is 2.97. The molecule has 29 heavy (non-hydrogen) atoms. The van der Waals surface area contributed by atoms with Crippen molar-refractivity contribution in [2.24, 2.45) is 5.10 Å². The zero-order valence-corrected chi connectivity index (χ0v) is 16.4. The van der Waals surface area contributed by atoms with Gasteiger partial charge in [0, 0.05) is 5.56 Å². The molecule has 0 saturated heterocycles. The number of aromatic hydroxyl groups is 1. The molecule has 154 valence electrons. The second-order valence-electron chi connectivity index (χ2n) is 5.71. The number of benzene rings is 2. The summed E-state index contributed by atoms with van der Waals surface area (Å²) in [5, 5.41) is 16.0. The highest BCUT2D eigenvalue weighted by atomic mass is 16.5. The summed E-state index contributed by atoms with van der Waals surface area (Å²) in [6.07, 6.45) is 1.40. The highest BCUT2D eigenvalue weighted by molar-refractivity contribution is 5.97. The maximum absolute atomic E-state index is 12.2. The Morgan fingerprint density at radius 2 is 1.83 bits per heavy atom. The van der Waals surface area contributed by atoms with Gasteiger partial charge in [-0.1, -0.05) is 0 Å². The molecule has 0 aliphatic heterocycles. The molecule has 0 heterocycles. The maximum Gasteiger partial charge on any atom is 0.259 e. The topological polar surface area (TPSA) is 118 Å². The van der Waals surface area contributed by atoms with E-state index in [1.165, 1.54) is 32.6 Å². The summed E-state index contributed by atoms with van der Waals surface area (Å²) in [6, 6.07) is 9.36. The lowest BCUT2D eigenvalue weighted by Gasteiger charge is -2.09. The van der Waals surface area contributed by atoms with E-state index in [0.717, 1.165) is 0 Å². The first-order chi connectivity index (χ1) is 14.0. The fourth-order valence-electron chi connectivity index (χ4n) is 2.34. The van der Waals surface area contributed by atoms with Gasteiger partial charge in [-0.05, 0) is 48.9 Å². The van der Waals surface area contributed by atoms with Crippen LogP contribution in [-0.4, -0.2) is 50.5 Å². The molecule has 0 aliphatic carbocycles. The Morgan fingerprint density at radius 3 is 2.52 bits per heavy atom. The first-order valence-electron chi connectivity index (χ1n) is 8.76. The second kappa shape index (κ2) is 10.5. The van der Waals surface area contributed by atoms with Crippen molar-refractivity contribution in [3.8, 4) is 23.0 Å². The molecule has 2 aromatic carbocycles. The van der Waals surface area contributed by atoms with Gasteiger partial charge in [0.15, 0.2) is 23.0 Å². The molecule has 0 aromatic heterocycles. The Morgan fingerprint density at radius 1 is 1.07 bits per heavy atom. The molecule has 3 N–H and O–H groups in total. The van der Waals surface area contributed by atoms with Gasteiger partial charge in [-0.3, -0.25) is 9.59 Å². The fourth-order valence-corrected chi connectivity index (χ4v) is 2.34. The number of hydrazone groups is 1. The maximum atomic E-state index is 12.2. The highest BCUT2D eigenvalue weighted by Crippen LogP contribution is 2.27. The van der Waals surface area contributed by atoms with E-state index >= 15 is 0 Å². The molecule has 2 rings (SSSR count). The van der Waals surface area contributed by atoms with Crippen molar-refractivity contribution in [3.63, 3.8) is 0 Å². The van der Waals surface area contributed by atoms with Crippen molar-refractivity contribution in [3.05, 3.63) is 47.5 Å². The van der Waals surface area contributed by atoms with Crippen LogP contribution >= 0.6 is 0 Å². The van der Waals surface area contributed by atoms with Crippen LogP contribution in [0.15, 0.2) is 41.5 Å². The Kier molecular flexibility index (Phi) is 7.84. The number of hydrogen-bond donors (Lipinski definition) is 3.